The van der Waals surface area contributed by atoms with Crippen molar-refractivity contribution >= 4 is 40.2 Å². The first kappa shape index (κ1) is 33.7. The number of alkyl halides is 1. The summed E-state index contributed by atoms with van der Waals surface area (Å²) in [5.74, 6) is 1.75. The van der Waals surface area contributed by atoms with E-state index in [4.69, 9.17) is 30.8 Å². The minimum atomic E-state index is -0.840. The van der Waals surface area contributed by atoms with Crippen LogP contribution in [-0.2, 0) is 23.2 Å². The second-order valence-corrected chi connectivity index (χ2v) is 16.0. The number of carbonyl (C=O) groups excluding carboxylic acids is 1. The van der Waals surface area contributed by atoms with Gasteiger partial charge in [-0.15, -0.1) is 0 Å². The molecule has 1 aliphatic carbocycles. The zero-order valence-electron chi connectivity index (χ0n) is 29.7. The topological polar surface area (TPSA) is 113 Å². The summed E-state index contributed by atoms with van der Waals surface area (Å²) in [6.45, 7) is 5.56. The summed E-state index contributed by atoms with van der Waals surface area (Å²) >= 11 is 6.75. The fraction of sp³-hybridized carbons (Fsp3) is 0.513. The van der Waals surface area contributed by atoms with Crippen LogP contribution in [0.2, 0.25) is 5.02 Å². The number of amides is 1. The van der Waals surface area contributed by atoms with Gasteiger partial charge in [0.25, 0.3) is 5.89 Å². The normalized spacial score (nSPS) is 26.6. The number of benzene rings is 2. The Labute approximate surface area is 307 Å². The van der Waals surface area contributed by atoms with Crippen LogP contribution in [0.25, 0.3) is 16.8 Å². The van der Waals surface area contributed by atoms with Crippen molar-refractivity contribution in [2.75, 3.05) is 44.7 Å². The van der Waals surface area contributed by atoms with Gasteiger partial charge in [-0.3, -0.25) is 9.69 Å². The number of hydrogen-bond acceptors (Lipinski definition) is 10. The molecule has 3 saturated heterocycles. The van der Waals surface area contributed by atoms with Crippen LogP contribution in [0.1, 0.15) is 80.0 Å². The van der Waals surface area contributed by atoms with Gasteiger partial charge in [-0.25, -0.2) is 4.39 Å². The molecule has 4 fully saturated rings. The van der Waals surface area contributed by atoms with Crippen LogP contribution in [0, 0.1) is 0 Å². The van der Waals surface area contributed by atoms with E-state index in [2.05, 4.69) is 56.4 Å². The Hall–Kier alpha value is -4.13. The smallest absolute Gasteiger partial charge is 0.318 e. The molecule has 52 heavy (non-hydrogen) atoms. The summed E-state index contributed by atoms with van der Waals surface area (Å²) in [5, 5.41) is 10.7. The zero-order chi connectivity index (χ0) is 35.6. The van der Waals surface area contributed by atoms with Crippen molar-refractivity contribution in [2.45, 2.75) is 87.6 Å². The molecule has 4 aliphatic heterocycles. The van der Waals surface area contributed by atoms with Crippen molar-refractivity contribution in [1.82, 2.24) is 35.2 Å². The lowest BCUT2D eigenvalue weighted by atomic mass is 9.91. The van der Waals surface area contributed by atoms with Gasteiger partial charge in [0.05, 0.1) is 11.2 Å². The van der Waals surface area contributed by atoms with Crippen LogP contribution >= 0.6 is 11.6 Å². The van der Waals surface area contributed by atoms with Crippen molar-refractivity contribution < 1.29 is 18.4 Å². The van der Waals surface area contributed by atoms with Crippen LogP contribution in [0.3, 0.4) is 0 Å². The molecule has 0 spiro atoms. The number of aromatic nitrogens is 4. The molecule has 9 rings (SSSR count). The van der Waals surface area contributed by atoms with Gasteiger partial charge in [0.15, 0.2) is 5.82 Å². The Kier molecular flexibility index (Phi) is 8.47. The maximum Gasteiger partial charge on any atom is 0.318 e. The second-order valence-electron chi connectivity index (χ2n) is 15.6. The minimum absolute atomic E-state index is 0.00203. The summed E-state index contributed by atoms with van der Waals surface area (Å²) in [6.07, 6.45) is 8.23. The van der Waals surface area contributed by atoms with Gasteiger partial charge in [-0.05, 0) is 55.7 Å². The predicted octanol–water partition coefficient (Wildman–Crippen LogP) is 5.81. The summed E-state index contributed by atoms with van der Waals surface area (Å²) in [7, 11) is 2.04. The standard InChI is InChI=1S/C39H44ClFN8O3/c1-38(14-15-38)36-44-32(52-46-36)10-11-33(50)48-17-12-26(22-48)47(2)35-28-20-42-30(27-8-3-6-24-7-4-9-29(40)34(24)27)18-31(28)43-37(45-35)51-23-39-13-5-16-49(39)21-25(41)19-39/h3-4,6-11,25-26,30,42H,5,12-23H2,1-2H3/b11-10+/t25-,26-,30?,39+/m1/s1. The molecule has 2 aromatic carbocycles. The van der Waals surface area contributed by atoms with Gasteiger partial charge in [-0.2, -0.15) is 15.0 Å². The molecular weight excluding hydrogens is 683 g/mol. The molecule has 1 N–H and O–H groups in total. The molecule has 4 atom stereocenters. The van der Waals surface area contributed by atoms with Gasteiger partial charge in [0.2, 0.25) is 5.91 Å². The summed E-state index contributed by atoms with van der Waals surface area (Å²) < 4.78 is 26.4. The quantitative estimate of drug-likeness (QED) is 0.212. The third kappa shape index (κ3) is 6.12. The van der Waals surface area contributed by atoms with E-state index in [9.17, 15) is 9.18 Å². The first-order chi connectivity index (χ1) is 25.2. The second kappa shape index (κ2) is 13.1. The Morgan fingerprint density at radius 2 is 2.00 bits per heavy atom. The highest BCUT2D eigenvalue weighted by Crippen LogP contribution is 2.46. The first-order valence-electron chi connectivity index (χ1n) is 18.5. The largest absolute Gasteiger partial charge is 0.461 e. The van der Waals surface area contributed by atoms with E-state index in [0.717, 1.165) is 77.1 Å². The molecule has 2 aromatic heterocycles. The maximum atomic E-state index is 14.6. The third-order valence-corrected chi connectivity index (χ3v) is 12.5. The lowest BCUT2D eigenvalue weighted by Gasteiger charge is -2.34. The number of rotatable bonds is 9. The number of likely N-dealkylation sites (tertiary alicyclic amines) is 1. The van der Waals surface area contributed by atoms with E-state index < -0.39 is 6.17 Å². The van der Waals surface area contributed by atoms with Crippen molar-refractivity contribution in [3.05, 3.63) is 76.0 Å². The van der Waals surface area contributed by atoms with Gasteiger partial charge >= 0.3 is 6.01 Å². The van der Waals surface area contributed by atoms with E-state index in [1.807, 2.05) is 24.1 Å². The van der Waals surface area contributed by atoms with E-state index >= 15 is 0 Å². The van der Waals surface area contributed by atoms with Crippen LogP contribution in [-0.4, -0.2) is 93.4 Å². The third-order valence-electron chi connectivity index (χ3n) is 12.2. The van der Waals surface area contributed by atoms with Gasteiger partial charge in [-0.1, -0.05) is 54.0 Å². The lowest BCUT2D eigenvalue weighted by molar-refractivity contribution is -0.124. The average molecular weight is 727 g/mol. The highest BCUT2D eigenvalue weighted by Gasteiger charge is 2.49. The molecule has 272 valence electrons. The maximum absolute atomic E-state index is 14.6. The number of ether oxygens (including phenoxy) is 1. The number of anilines is 1. The van der Waals surface area contributed by atoms with Gasteiger partial charge < -0.3 is 24.4 Å². The Morgan fingerprint density at radius 3 is 2.85 bits per heavy atom. The summed E-state index contributed by atoms with van der Waals surface area (Å²) in [5.41, 5.74) is 2.75. The number of carbonyl (C=O) groups is 1. The average Bonchev–Trinajstić information content (AvgIpc) is 3.61. The SMILES string of the molecule is CN(c1nc(OC[C@@]23CCCN2C[C@H](F)C3)nc2c1CNC(c1cccc3cccc(Cl)c13)C2)[C@@H]1CCN(C(=O)/C=C/c2nc(C3(C)CC3)no2)C1. The fourth-order valence-electron chi connectivity index (χ4n) is 8.81. The number of fused-ring (bicyclic) bond motifs is 3. The van der Waals surface area contributed by atoms with Gasteiger partial charge in [0, 0.05) is 91.7 Å². The van der Waals surface area contributed by atoms with E-state index in [-0.39, 0.29) is 28.9 Å². The van der Waals surface area contributed by atoms with Crippen molar-refractivity contribution in [3.8, 4) is 6.01 Å². The molecule has 4 aromatic rings. The van der Waals surface area contributed by atoms with Crippen LogP contribution in [0.4, 0.5) is 10.2 Å². The molecule has 1 saturated carbocycles. The molecule has 0 radical (unpaired) electrons. The van der Waals surface area contributed by atoms with Crippen LogP contribution in [0.5, 0.6) is 6.01 Å². The van der Waals surface area contributed by atoms with Crippen LogP contribution in [0.15, 0.2) is 47.0 Å². The lowest BCUT2D eigenvalue weighted by Crippen LogP contribution is -2.43. The number of nitrogens with one attached hydrogen (secondary N) is 1. The molecule has 1 unspecified atom stereocenters. The molecule has 5 aliphatic rings. The van der Waals surface area contributed by atoms with Crippen molar-refractivity contribution in [1.29, 1.82) is 0 Å². The minimum Gasteiger partial charge on any atom is -0.461 e. The molecule has 0 bridgehead atoms. The first-order valence-corrected chi connectivity index (χ1v) is 18.9. The number of nitrogens with zero attached hydrogens (tertiary/aromatic N) is 7. The van der Waals surface area contributed by atoms with E-state index in [1.165, 1.54) is 6.08 Å². The van der Waals surface area contributed by atoms with E-state index in [0.29, 0.717) is 63.4 Å². The summed E-state index contributed by atoms with van der Waals surface area (Å²) in [6, 6.07) is 12.6. The molecule has 11 nitrogen and oxygen atoms in total. The molecular formula is C39H44ClFN8O3. The van der Waals surface area contributed by atoms with Crippen molar-refractivity contribution in [3.63, 3.8) is 0 Å². The highest BCUT2D eigenvalue weighted by molar-refractivity contribution is 6.35. The Bertz CT molecular complexity index is 2050. The molecule has 6 heterocycles. The van der Waals surface area contributed by atoms with Crippen LogP contribution < -0.4 is 15.0 Å². The predicted molar refractivity (Wildman–Crippen MR) is 196 cm³/mol. The van der Waals surface area contributed by atoms with Crippen molar-refractivity contribution in [2.24, 2.45) is 0 Å². The highest BCUT2D eigenvalue weighted by atomic mass is 35.5. The van der Waals surface area contributed by atoms with Gasteiger partial charge in [0.1, 0.15) is 18.6 Å². The zero-order valence-corrected chi connectivity index (χ0v) is 30.4. The monoisotopic (exact) mass is 726 g/mol. The Morgan fingerprint density at radius 1 is 1.15 bits per heavy atom. The fourth-order valence-corrected chi connectivity index (χ4v) is 9.10. The Balaban J connectivity index is 0.969. The molecule has 1 amide bonds. The number of halogens is 2. The molecule has 13 heteroatoms. The number of likely N-dealkylation sites (N-methyl/N-ethyl adjacent to an activating group) is 1. The summed E-state index contributed by atoms with van der Waals surface area (Å²) in [4.78, 5) is 34.1. The van der Waals surface area contributed by atoms with E-state index in [1.54, 1.807) is 6.08 Å². The number of hydrogen-bond donors (Lipinski definition) is 1.